The number of ether oxygens (including phenoxy) is 1. The Kier molecular flexibility index (Phi) is 4.39. The normalized spacial score (nSPS) is 14.9. The molecule has 0 unspecified atom stereocenters. The highest BCUT2D eigenvalue weighted by Crippen LogP contribution is 2.35. The topological polar surface area (TPSA) is 127 Å². The highest BCUT2D eigenvalue weighted by atomic mass is 16.5. The smallest absolute Gasteiger partial charge is 0.331 e. The number of benzene rings is 2. The van der Waals surface area contributed by atoms with E-state index in [9.17, 15) is 15.3 Å². The van der Waals surface area contributed by atoms with Gasteiger partial charge in [0.05, 0.1) is 47.6 Å². The van der Waals surface area contributed by atoms with E-state index in [0.29, 0.717) is 46.7 Å². The van der Waals surface area contributed by atoms with Crippen LogP contribution in [0.4, 0.5) is 0 Å². The molecule has 1 aliphatic rings. The Balaban J connectivity index is 1.61. The molecule has 0 amide bonds. The van der Waals surface area contributed by atoms with Crippen molar-refractivity contribution in [1.82, 2.24) is 28.7 Å². The van der Waals surface area contributed by atoms with Gasteiger partial charge in [0, 0.05) is 12.0 Å². The van der Waals surface area contributed by atoms with Crippen molar-refractivity contribution in [2.75, 3.05) is 6.61 Å². The zero-order valence-electron chi connectivity index (χ0n) is 17.8. The number of hydrogen-bond acceptors (Lipinski definition) is 7. The Bertz CT molecular complexity index is 1730. The minimum atomic E-state index is -0.327. The first-order valence-electron chi connectivity index (χ1n) is 10.6. The van der Waals surface area contributed by atoms with Crippen LogP contribution in [-0.2, 0) is 6.54 Å². The summed E-state index contributed by atoms with van der Waals surface area (Å²) in [6.07, 6.45) is 3.73. The highest BCUT2D eigenvalue weighted by Gasteiger charge is 2.28. The molecular formula is C24H16N8O2. The van der Waals surface area contributed by atoms with Gasteiger partial charge in [0.15, 0.2) is 5.65 Å². The summed E-state index contributed by atoms with van der Waals surface area (Å²) < 4.78 is 10.5. The molecule has 0 radical (unpaired) electrons. The van der Waals surface area contributed by atoms with Gasteiger partial charge in [-0.15, -0.1) is 0 Å². The van der Waals surface area contributed by atoms with Crippen LogP contribution in [0.3, 0.4) is 0 Å². The van der Waals surface area contributed by atoms with E-state index in [1.165, 1.54) is 4.57 Å². The summed E-state index contributed by atoms with van der Waals surface area (Å²) in [6.45, 7) is 0.343. The number of imidazole rings is 2. The summed E-state index contributed by atoms with van der Waals surface area (Å²) in [6, 6.07) is 16.7. The SMILES string of the molecule is N#CCn1c(=O)n([C@H]2CCOc3ccccc32)c2nc(-n3cnc4ccc(C#N)cc43)ncc21. The lowest BCUT2D eigenvalue weighted by atomic mass is 10.0. The summed E-state index contributed by atoms with van der Waals surface area (Å²) in [7, 11) is 0. The molecule has 6 rings (SSSR count). The summed E-state index contributed by atoms with van der Waals surface area (Å²) >= 11 is 0. The summed E-state index contributed by atoms with van der Waals surface area (Å²) in [5.74, 6) is 1.04. The van der Waals surface area contributed by atoms with Gasteiger partial charge in [0.25, 0.3) is 0 Å². The van der Waals surface area contributed by atoms with Crippen LogP contribution in [0, 0.1) is 22.7 Å². The second kappa shape index (κ2) is 7.57. The fourth-order valence-corrected chi connectivity index (χ4v) is 4.50. The van der Waals surface area contributed by atoms with E-state index >= 15 is 0 Å². The molecule has 4 heterocycles. The monoisotopic (exact) mass is 448 g/mol. The largest absolute Gasteiger partial charge is 0.493 e. The maximum atomic E-state index is 13.5. The predicted octanol–water partition coefficient (Wildman–Crippen LogP) is 2.70. The zero-order chi connectivity index (χ0) is 23.2. The van der Waals surface area contributed by atoms with Crippen molar-refractivity contribution in [3.8, 4) is 23.8 Å². The molecule has 0 aliphatic carbocycles. The van der Waals surface area contributed by atoms with Crippen molar-refractivity contribution in [3.63, 3.8) is 0 Å². The van der Waals surface area contributed by atoms with Crippen molar-refractivity contribution < 1.29 is 4.74 Å². The molecule has 10 nitrogen and oxygen atoms in total. The fraction of sp³-hybridized carbons (Fsp3) is 0.167. The maximum absolute atomic E-state index is 13.5. The fourth-order valence-electron chi connectivity index (χ4n) is 4.50. The molecule has 1 aliphatic heterocycles. The quantitative estimate of drug-likeness (QED) is 0.415. The van der Waals surface area contributed by atoms with Gasteiger partial charge in [0.1, 0.15) is 24.1 Å². The van der Waals surface area contributed by atoms with Gasteiger partial charge in [-0.2, -0.15) is 15.5 Å². The minimum Gasteiger partial charge on any atom is -0.493 e. The molecule has 34 heavy (non-hydrogen) atoms. The lowest BCUT2D eigenvalue weighted by molar-refractivity contribution is 0.256. The first kappa shape index (κ1) is 19.7. The molecule has 0 bridgehead atoms. The molecule has 1 atom stereocenters. The maximum Gasteiger partial charge on any atom is 0.331 e. The van der Waals surface area contributed by atoms with Crippen LogP contribution in [0.15, 0.2) is 59.8 Å². The first-order valence-corrected chi connectivity index (χ1v) is 10.6. The Morgan fingerprint density at radius 1 is 1.12 bits per heavy atom. The Morgan fingerprint density at radius 3 is 2.85 bits per heavy atom. The Hall–Kier alpha value is -4.96. The Morgan fingerprint density at radius 2 is 2.00 bits per heavy atom. The van der Waals surface area contributed by atoms with Crippen LogP contribution in [0.5, 0.6) is 5.75 Å². The van der Waals surface area contributed by atoms with Gasteiger partial charge in [-0.1, -0.05) is 18.2 Å². The van der Waals surface area contributed by atoms with E-state index in [-0.39, 0.29) is 18.3 Å². The average Bonchev–Trinajstić information content (AvgIpc) is 3.42. The molecule has 0 saturated carbocycles. The summed E-state index contributed by atoms with van der Waals surface area (Å²) in [5, 5.41) is 18.6. The average molecular weight is 448 g/mol. The molecule has 164 valence electrons. The zero-order valence-corrected chi connectivity index (χ0v) is 17.8. The van der Waals surface area contributed by atoms with Crippen LogP contribution in [0.25, 0.3) is 28.1 Å². The predicted molar refractivity (Wildman–Crippen MR) is 121 cm³/mol. The Labute approximate surface area is 192 Å². The molecule has 5 aromatic rings. The summed E-state index contributed by atoms with van der Waals surface area (Å²) in [5.41, 5.74) is 3.32. The van der Waals surface area contributed by atoms with Crippen LogP contribution in [0.1, 0.15) is 23.6 Å². The molecule has 2 aromatic carbocycles. The number of nitrogens with zero attached hydrogens (tertiary/aromatic N) is 8. The third-order valence-electron chi connectivity index (χ3n) is 6.05. The third-order valence-corrected chi connectivity index (χ3v) is 6.05. The molecule has 10 heteroatoms. The van der Waals surface area contributed by atoms with Gasteiger partial charge in [-0.05, 0) is 24.3 Å². The number of nitriles is 2. The molecular weight excluding hydrogens is 432 g/mol. The van der Waals surface area contributed by atoms with E-state index < -0.39 is 0 Å². The van der Waals surface area contributed by atoms with Crippen molar-refractivity contribution >= 4 is 22.2 Å². The van der Waals surface area contributed by atoms with E-state index in [1.54, 1.807) is 39.9 Å². The highest BCUT2D eigenvalue weighted by molar-refractivity contribution is 5.79. The number of rotatable bonds is 3. The molecule has 0 saturated heterocycles. The van der Waals surface area contributed by atoms with Crippen molar-refractivity contribution in [2.24, 2.45) is 0 Å². The standard InChI is InChI=1S/C24H16N8O2/c25-8-9-30-20-13-27-23(31-14-28-17-6-5-15(12-26)11-19(17)31)29-22(20)32(24(30)33)18-7-10-34-21-4-2-1-3-16(18)21/h1-6,11,13-14,18H,7,9-10H2/t18-/m0/s1. The third kappa shape index (κ3) is 2.86. The van der Waals surface area contributed by atoms with Crippen molar-refractivity contribution in [2.45, 2.75) is 19.0 Å². The van der Waals surface area contributed by atoms with E-state index in [4.69, 9.17) is 9.72 Å². The number of aromatic nitrogens is 6. The van der Waals surface area contributed by atoms with Crippen molar-refractivity contribution in [3.05, 3.63) is 76.6 Å². The van der Waals surface area contributed by atoms with Crippen LogP contribution in [-0.4, -0.2) is 35.3 Å². The molecule has 0 fully saturated rings. The van der Waals surface area contributed by atoms with E-state index in [1.807, 2.05) is 24.3 Å². The number of hydrogen-bond donors (Lipinski definition) is 0. The van der Waals surface area contributed by atoms with Crippen LogP contribution in [0.2, 0.25) is 0 Å². The molecule has 0 N–H and O–H groups in total. The second-order valence-corrected chi connectivity index (χ2v) is 7.90. The van der Waals surface area contributed by atoms with Crippen LogP contribution < -0.4 is 10.4 Å². The lowest BCUT2D eigenvalue weighted by Gasteiger charge is -2.26. The van der Waals surface area contributed by atoms with E-state index in [2.05, 4.69) is 22.1 Å². The van der Waals surface area contributed by atoms with Crippen LogP contribution >= 0.6 is 0 Å². The second-order valence-electron chi connectivity index (χ2n) is 7.90. The lowest BCUT2D eigenvalue weighted by Crippen LogP contribution is -2.31. The minimum absolute atomic E-state index is 0.116. The van der Waals surface area contributed by atoms with E-state index in [0.717, 1.165) is 11.3 Å². The van der Waals surface area contributed by atoms with Gasteiger partial charge in [0.2, 0.25) is 5.95 Å². The van der Waals surface area contributed by atoms with Gasteiger partial charge >= 0.3 is 5.69 Å². The summed E-state index contributed by atoms with van der Waals surface area (Å²) in [4.78, 5) is 27.1. The van der Waals surface area contributed by atoms with Gasteiger partial charge in [-0.25, -0.2) is 14.8 Å². The number of fused-ring (bicyclic) bond motifs is 3. The first-order chi connectivity index (χ1) is 16.7. The van der Waals surface area contributed by atoms with Gasteiger partial charge in [-0.3, -0.25) is 13.7 Å². The number of para-hydroxylation sites is 1. The van der Waals surface area contributed by atoms with Crippen molar-refractivity contribution in [1.29, 1.82) is 10.5 Å². The van der Waals surface area contributed by atoms with Gasteiger partial charge < -0.3 is 4.74 Å². The molecule has 0 spiro atoms. The molecule has 3 aromatic heterocycles.